The fourth-order valence-corrected chi connectivity index (χ4v) is 3.31. The first-order valence-electron chi connectivity index (χ1n) is 5.74. The fourth-order valence-electron chi connectivity index (χ4n) is 1.72. The highest BCUT2D eigenvalue weighted by Crippen LogP contribution is 2.25. The number of hydrogen-bond donors (Lipinski definition) is 2. The predicted octanol–water partition coefficient (Wildman–Crippen LogP) is 3.42. The molecule has 3 N–H and O–H groups in total. The summed E-state index contributed by atoms with van der Waals surface area (Å²) < 4.78 is 53.9. The van der Waals surface area contributed by atoms with Crippen LogP contribution in [0, 0.1) is 18.6 Å². The lowest BCUT2D eigenvalue weighted by molar-refractivity contribution is 0.591. The lowest BCUT2D eigenvalue weighted by atomic mass is 10.2. The lowest BCUT2D eigenvalue weighted by Crippen LogP contribution is -2.15. The molecule has 0 amide bonds. The third-order valence-electron chi connectivity index (χ3n) is 2.78. The van der Waals surface area contributed by atoms with Crippen LogP contribution in [-0.4, -0.2) is 8.42 Å². The van der Waals surface area contributed by atoms with Gasteiger partial charge in [0.05, 0.1) is 15.1 Å². The zero-order valence-corrected chi connectivity index (χ0v) is 13.2. The van der Waals surface area contributed by atoms with Crippen molar-refractivity contribution in [2.75, 3.05) is 10.5 Å². The summed E-state index contributed by atoms with van der Waals surface area (Å²) in [5.74, 6) is -1.34. The number of anilines is 2. The van der Waals surface area contributed by atoms with E-state index in [4.69, 9.17) is 5.73 Å². The van der Waals surface area contributed by atoms with Crippen LogP contribution in [0.4, 0.5) is 20.2 Å². The van der Waals surface area contributed by atoms with Crippen molar-refractivity contribution in [2.24, 2.45) is 0 Å². The largest absolute Gasteiger partial charge is 0.399 e. The van der Waals surface area contributed by atoms with E-state index in [-0.39, 0.29) is 26.3 Å². The first kappa shape index (κ1) is 15.7. The number of halogens is 3. The molecule has 2 rings (SSSR count). The molecular weight excluding hydrogens is 366 g/mol. The zero-order valence-electron chi connectivity index (χ0n) is 10.8. The van der Waals surface area contributed by atoms with Gasteiger partial charge >= 0.3 is 0 Å². The molecule has 0 atom stereocenters. The van der Waals surface area contributed by atoms with Gasteiger partial charge in [0, 0.05) is 11.3 Å². The van der Waals surface area contributed by atoms with Crippen molar-refractivity contribution in [2.45, 2.75) is 11.8 Å². The van der Waals surface area contributed by atoms with Crippen LogP contribution in [0.25, 0.3) is 0 Å². The third-order valence-corrected chi connectivity index (χ3v) is 4.93. The lowest BCUT2D eigenvalue weighted by Gasteiger charge is -2.12. The van der Waals surface area contributed by atoms with Gasteiger partial charge in [0.25, 0.3) is 10.0 Å². The molecule has 2 aromatic rings. The number of rotatable bonds is 3. The molecule has 0 fully saturated rings. The number of nitrogen functional groups attached to an aromatic ring is 1. The van der Waals surface area contributed by atoms with Crippen molar-refractivity contribution in [1.29, 1.82) is 0 Å². The Morgan fingerprint density at radius 1 is 1.14 bits per heavy atom. The molecule has 0 aliphatic heterocycles. The number of sulfonamides is 1. The van der Waals surface area contributed by atoms with Gasteiger partial charge in [-0.3, -0.25) is 4.72 Å². The van der Waals surface area contributed by atoms with Crippen LogP contribution in [0.2, 0.25) is 0 Å². The van der Waals surface area contributed by atoms with E-state index in [1.165, 1.54) is 19.1 Å². The highest BCUT2D eigenvalue weighted by molar-refractivity contribution is 9.10. The third kappa shape index (κ3) is 3.33. The molecule has 0 saturated carbocycles. The molecule has 21 heavy (non-hydrogen) atoms. The monoisotopic (exact) mass is 376 g/mol. The number of nitrogens with two attached hydrogens (primary N) is 1. The van der Waals surface area contributed by atoms with E-state index >= 15 is 0 Å². The van der Waals surface area contributed by atoms with Crippen LogP contribution in [0.1, 0.15) is 5.56 Å². The van der Waals surface area contributed by atoms with Crippen LogP contribution >= 0.6 is 15.9 Å². The molecule has 112 valence electrons. The minimum absolute atomic E-state index is 0.0135. The Kier molecular flexibility index (Phi) is 4.20. The van der Waals surface area contributed by atoms with Crippen molar-refractivity contribution in [3.63, 3.8) is 0 Å². The van der Waals surface area contributed by atoms with E-state index in [1.54, 1.807) is 0 Å². The Bertz CT molecular complexity index is 810. The number of hydrogen-bond acceptors (Lipinski definition) is 3. The first-order valence-corrected chi connectivity index (χ1v) is 8.02. The highest BCUT2D eigenvalue weighted by atomic mass is 79.9. The van der Waals surface area contributed by atoms with Gasteiger partial charge < -0.3 is 5.73 Å². The molecule has 0 saturated heterocycles. The first-order chi connectivity index (χ1) is 9.70. The molecule has 0 heterocycles. The van der Waals surface area contributed by atoms with Gasteiger partial charge in [-0.05, 0) is 53.2 Å². The second-order valence-electron chi connectivity index (χ2n) is 4.36. The Morgan fingerprint density at radius 3 is 2.43 bits per heavy atom. The van der Waals surface area contributed by atoms with E-state index in [1.807, 2.05) is 0 Å². The van der Waals surface area contributed by atoms with Crippen LogP contribution in [0.3, 0.4) is 0 Å². The molecule has 2 aromatic carbocycles. The van der Waals surface area contributed by atoms with Gasteiger partial charge in [0.15, 0.2) is 0 Å². The molecule has 4 nitrogen and oxygen atoms in total. The summed E-state index contributed by atoms with van der Waals surface area (Å²) in [5.41, 5.74) is 5.42. The van der Waals surface area contributed by atoms with Crippen LogP contribution in [0.15, 0.2) is 39.7 Å². The summed E-state index contributed by atoms with van der Waals surface area (Å²) in [4.78, 5) is -0.289. The van der Waals surface area contributed by atoms with Crippen LogP contribution < -0.4 is 10.5 Å². The van der Waals surface area contributed by atoms with Crippen molar-refractivity contribution < 1.29 is 17.2 Å². The van der Waals surface area contributed by atoms with Crippen molar-refractivity contribution >= 4 is 37.3 Å². The summed E-state index contributed by atoms with van der Waals surface area (Å²) in [7, 11) is -4.07. The number of nitrogens with one attached hydrogen (secondary N) is 1. The van der Waals surface area contributed by atoms with E-state index in [0.717, 1.165) is 18.2 Å². The minimum atomic E-state index is -4.07. The number of benzene rings is 2. The minimum Gasteiger partial charge on any atom is -0.399 e. The molecule has 0 bridgehead atoms. The predicted molar refractivity (Wildman–Crippen MR) is 80.5 cm³/mol. The Hall–Kier alpha value is -1.67. The smallest absolute Gasteiger partial charge is 0.262 e. The SMILES string of the molecule is Cc1c(F)cc(N)cc1S(=O)(=O)Nc1ccc(Br)c(F)c1. The Labute approximate surface area is 129 Å². The zero-order chi connectivity index (χ0) is 15.8. The maximum Gasteiger partial charge on any atom is 0.262 e. The molecule has 0 aliphatic carbocycles. The average molecular weight is 377 g/mol. The van der Waals surface area contributed by atoms with E-state index in [0.29, 0.717) is 0 Å². The molecule has 0 radical (unpaired) electrons. The Morgan fingerprint density at radius 2 is 1.81 bits per heavy atom. The summed E-state index contributed by atoms with van der Waals surface area (Å²) >= 11 is 2.97. The molecule has 0 aromatic heterocycles. The molecule has 8 heteroatoms. The van der Waals surface area contributed by atoms with Crippen molar-refractivity contribution in [3.05, 3.63) is 52.0 Å². The second kappa shape index (κ2) is 5.61. The van der Waals surface area contributed by atoms with Gasteiger partial charge in [-0.2, -0.15) is 0 Å². The Balaban J connectivity index is 2.45. The molecule has 0 unspecified atom stereocenters. The average Bonchev–Trinajstić information content (AvgIpc) is 2.37. The van der Waals surface area contributed by atoms with Gasteiger partial charge in [-0.1, -0.05) is 0 Å². The standard InChI is InChI=1S/C13H11BrF2N2O2S/c1-7-11(15)4-8(17)5-13(7)21(19,20)18-9-2-3-10(14)12(16)6-9/h2-6,18H,17H2,1H3. The van der Waals surface area contributed by atoms with E-state index in [2.05, 4.69) is 20.7 Å². The summed E-state index contributed by atoms with van der Waals surface area (Å²) in [6, 6.07) is 5.94. The van der Waals surface area contributed by atoms with Crippen LogP contribution in [-0.2, 0) is 10.0 Å². The maximum absolute atomic E-state index is 13.6. The summed E-state index contributed by atoms with van der Waals surface area (Å²) in [6.07, 6.45) is 0. The van der Waals surface area contributed by atoms with Crippen molar-refractivity contribution in [1.82, 2.24) is 0 Å². The van der Waals surface area contributed by atoms with Gasteiger partial charge in [-0.25, -0.2) is 17.2 Å². The topological polar surface area (TPSA) is 72.2 Å². The second-order valence-corrected chi connectivity index (χ2v) is 6.87. The van der Waals surface area contributed by atoms with Crippen molar-refractivity contribution in [3.8, 4) is 0 Å². The molecule has 0 aliphatic rings. The summed E-state index contributed by atoms with van der Waals surface area (Å²) in [6.45, 7) is 1.32. The van der Waals surface area contributed by atoms with Gasteiger partial charge in [0.1, 0.15) is 11.6 Å². The maximum atomic E-state index is 13.6. The molecular formula is C13H11BrF2N2O2S. The normalized spacial score (nSPS) is 11.4. The quantitative estimate of drug-likeness (QED) is 0.806. The van der Waals surface area contributed by atoms with Crippen LogP contribution in [0.5, 0.6) is 0 Å². The summed E-state index contributed by atoms with van der Waals surface area (Å²) in [5, 5.41) is 0. The fraction of sp³-hybridized carbons (Fsp3) is 0.0769. The highest BCUT2D eigenvalue weighted by Gasteiger charge is 2.20. The van der Waals surface area contributed by atoms with Gasteiger partial charge in [0.2, 0.25) is 0 Å². The van der Waals surface area contributed by atoms with E-state index < -0.39 is 21.7 Å². The van der Waals surface area contributed by atoms with E-state index in [9.17, 15) is 17.2 Å². The molecule has 0 spiro atoms. The van der Waals surface area contributed by atoms with Gasteiger partial charge in [-0.15, -0.1) is 0 Å².